The smallest absolute Gasteiger partial charge is 0.240 e. The zero-order chi connectivity index (χ0) is 17.4. The van der Waals surface area contributed by atoms with Crippen LogP contribution in [0.4, 0.5) is 5.69 Å². The van der Waals surface area contributed by atoms with Crippen LogP contribution in [-0.2, 0) is 21.2 Å². The van der Waals surface area contributed by atoms with Crippen LogP contribution in [0.3, 0.4) is 0 Å². The van der Waals surface area contributed by atoms with Gasteiger partial charge in [0.1, 0.15) is 0 Å². The molecule has 0 atom stereocenters. The van der Waals surface area contributed by atoms with Crippen molar-refractivity contribution < 1.29 is 13.2 Å². The highest BCUT2D eigenvalue weighted by atomic mass is 32.2. The highest BCUT2D eigenvalue weighted by Crippen LogP contribution is 2.37. The van der Waals surface area contributed by atoms with Crippen molar-refractivity contribution in [2.75, 3.05) is 18.0 Å². The second kappa shape index (κ2) is 6.57. The number of nitrogens with one attached hydrogen (secondary N) is 1. The monoisotopic (exact) mass is 360 g/mol. The first-order chi connectivity index (χ1) is 12.0. The molecule has 1 fully saturated rings. The number of rotatable bonds is 5. The summed E-state index contributed by atoms with van der Waals surface area (Å²) in [5, 5.41) is 0. The molecule has 6 heteroatoms. The number of amides is 1. The Morgan fingerprint density at radius 1 is 1.20 bits per heavy atom. The van der Waals surface area contributed by atoms with E-state index in [1.807, 2.05) is 4.90 Å². The van der Waals surface area contributed by atoms with Gasteiger partial charge in [0.25, 0.3) is 0 Å². The van der Waals surface area contributed by atoms with Gasteiger partial charge < -0.3 is 4.90 Å². The number of carbonyl (C=O) groups excluding carboxylic acids is 1. The zero-order valence-electron chi connectivity index (χ0n) is 14.3. The molecular formula is C19H24N2O3S. The molecule has 1 heterocycles. The van der Waals surface area contributed by atoms with Gasteiger partial charge in [-0.1, -0.05) is 11.6 Å². The van der Waals surface area contributed by atoms with E-state index in [0.717, 1.165) is 49.8 Å². The van der Waals surface area contributed by atoms with Gasteiger partial charge in [0.15, 0.2) is 0 Å². The zero-order valence-corrected chi connectivity index (χ0v) is 15.1. The molecule has 0 aromatic heterocycles. The van der Waals surface area contributed by atoms with E-state index in [1.54, 1.807) is 18.2 Å². The van der Waals surface area contributed by atoms with Crippen LogP contribution in [-0.4, -0.2) is 27.4 Å². The molecule has 1 aliphatic heterocycles. The van der Waals surface area contributed by atoms with Crippen LogP contribution < -0.4 is 9.62 Å². The number of benzene rings is 1. The van der Waals surface area contributed by atoms with Crippen molar-refractivity contribution in [1.29, 1.82) is 0 Å². The lowest BCUT2D eigenvalue weighted by molar-refractivity contribution is -0.119. The van der Waals surface area contributed by atoms with E-state index in [9.17, 15) is 13.2 Å². The van der Waals surface area contributed by atoms with Gasteiger partial charge in [-0.15, -0.1) is 0 Å². The molecule has 3 aliphatic rings. The summed E-state index contributed by atoms with van der Waals surface area (Å²) in [6, 6.07) is 5.14. The lowest BCUT2D eigenvalue weighted by Gasteiger charge is -2.17. The summed E-state index contributed by atoms with van der Waals surface area (Å²) in [4.78, 5) is 14.4. The van der Waals surface area contributed by atoms with Crippen molar-refractivity contribution in [3.63, 3.8) is 0 Å². The van der Waals surface area contributed by atoms with E-state index >= 15 is 0 Å². The number of anilines is 1. The lowest BCUT2D eigenvalue weighted by Crippen LogP contribution is -2.30. The Kier molecular flexibility index (Phi) is 4.41. The standard InChI is InChI=1S/C19H24N2O3S/c22-19(15-6-7-15)21-11-10-16-12-17(8-9-18(16)21)25(23,24)20-13-14-4-2-1-3-5-14/h4,8-9,12,15,20H,1-3,5-7,10-11,13H2. The predicted octanol–water partition coefficient (Wildman–Crippen LogP) is 2.76. The molecule has 25 heavy (non-hydrogen) atoms. The van der Waals surface area contributed by atoms with Gasteiger partial charge in [0.2, 0.25) is 15.9 Å². The SMILES string of the molecule is O=C(C1CC1)N1CCc2cc(S(=O)(=O)NCC3=CCCCC3)ccc21. The molecule has 0 spiro atoms. The van der Waals surface area contributed by atoms with Crippen molar-refractivity contribution in [2.24, 2.45) is 5.92 Å². The predicted molar refractivity (Wildman–Crippen MR) is 97.0 cm³/mol. The van der Waals surface area contributed by atoms with Gasteiger partial charge in [-0.2, -0.15) is 0 Å². The Balaban J connectivity index is 1.49. The molecule has 1 aromatic rings. The van der Waals surface area contributed by atoms with Crippen LogP contribution in [0.25, 0.3) is 0 Å². The van der Waals surface area contributed by atoms with E-state index in [-0.39, 0.29) is 11.8 Å². The Labute approximate surface area is 149 Å². The molecule has 1 saturated carbocycles. The van der Waals surface area contributed by atoms with Crippen molar-refractivity contribution in [2.45, 2.75) is 49.8 Å². The highest BCUT2D eigenvalue weighted by molar-refractivity contribution is 7.89. The van der Waals surface area contributed by atoms with Gasteiger partial charge in [0, 0.05) is 24.7 Å². The number of hydrogen-bond acceptors (Lipinski definition) is 3. The Hall–Kier alpha value is -1.66. The molecule has 0 radical (unpaired) electrons. The number of carbonyl (C=O) groups is 1. The van der Waals surface area contributed by atoms with Crippen LogP contribution in [0.5, 0.6) is 0 Å². The summed E-state index contributed by atoms with van der Waals surface area (Å²) < 4.78 is 27.9. The molecule has 0 saturated heterocycles. The number of sulfonamides is 1. The van der Waals surface area contributed by atoms with E-state index in [1.165, 1.54) is 12.0 Å². The van der Waals surface area contributed by atoms with E-state index < -0.39 is 10.0 Å². The third-order valence-electron chi connectivity index (χ3n) is 5.32. The summed E-state index contributed by atoms with van der Waals surface area (Å²) in [6.07, 6.45) is 9.19. The molecule has 0 bridgehead atoms. The normalized spacial score (nSPS) is 20.3. The van der Waals surface area contributed by atoms with Gasteiger partial charge in [-0.3, -0.25) is 4.79 Å². The average molecular weight is 360 g/mol. The molecule has 1 aromatic carbocycles. The fourth-order valence-corrected chi connectivity index (χ4v) is 4.75. The fourth-order valence-electron chi connectivity index (χ4n) is 3.66. The average Bonchev–Trinajstić information content (AvgIpc) is 3.39. The Bertz CT molecular complexity index is 825. The van der Waals surface area contributed by atoms with Crippen molar-refractivity contribution >= 4 is 21.6 Å². The van der Waals surface area contributed by atoms with E-state index in [4.69, 9.17) is 0 Å². The number of hydrogen-bond donors (Lipinski definition) is 1. The third-order valence-corrected chi connectivity index (χ3v) is 6.72. The van der Waals surface area contributed by atoms with Crippen molar-refractivity contribution in [3.05, 3.63) is 35.4 Å². The summed E-state index contributed by atoms with van der Waals surface area (Å²) in [5.74, 6) is 0.372. The van der Waals surface area contributed by atoms with Crippen LogP contribution >= 0.6 is 0 Å². The third kappa shape index (κ3) is 3.51. The summed E-state index contributed by atoms with van der Waals surface area (Å²) >= 11 is 0. The molecular weight excluding hydrogens is 336 g/mol. The van der Waals surface area contributed by atoms with Gasteiger partial charge >= 0.3 is 0 Å². The van der Waals surface area contributed by atoms with Gasteiger partial charge in [-0.25, -0.2) is 13.1 Å². The molecule has 0 unspecified atom stereocenters. The number of allylic oxidation sites excluding steroid dienone is 1. The molecule has 1 amide bonds. The molecule has 4 rings (SSSR count). The first-order valence-electron chi connectivity index (χ1n) is 9.16. The van der Waals surface area contributed by atoms with Crippen molar-refractivity contribution in [1.82, 2.24) is 4.72 Å². The maximum absolute atomic E-state index is 12.6. The Morgan fingerprint density at radius 2 is 2.04 bits per heavy atom. The molecule has 1 N–H and O–H groups in total. The summed E-state index contributed by atoms with van der Waals surface area (Å²) in [7, 11) is -3.52. The lowest BCUT2D eigenvalue weighted by atomic mass is 10.0. The van der Waals surface area contributed by atoms with E-state index in [0.29, 0.717) is 18.0 Å². The molecule has 2 aliphatic carbocycles. The number of fused-ring (bicyclic) bond motifs is 1. The first kappa shape index (κ1) is 16.8. The minimum absolute atomic E-state index is 0.180. The number of nitrogens with zero attached hydrogens (tertiary/aromatic N) is 1. The van der Waals surface area contributed by atoms with Crippen LogP contribution in [0.2, 0.25) is 0 Å². The maximum Gasteiger partial charge on any atom is 0.240 e. The fraction of sp³-hybridized carbons (Fsp3) is 0.526. The second-order valence-electron chi connectivity index (χ2n) is 7.24. The van der Waals surface area contributed by atoms with Crippen molar-refractivity contribution in [3.8, 4) is 0 Å². The van der Waals surface area contributed by atoms with Gasteiger partial charge in [-0.05, 0) is 68.7 Å². The molecule has 5 nitrogen and oxygen atoms in total. The van der Waals surface area contributed by atoms with Gasteiger partial charge in [0.05, 0.1) is 4.90 Å². The van der Waals surface area contributed by atoms with E-state index in [2.05, 4.69) is 10.8 Å². The largest absolute Gasteiger partial charge is 0.312 e. The maximum atomic E-state index is 12.6. The van der Waals surface area contributed by atoms with Crippen LogP contribution in [0.1, 0.15) is 44.1 Å². The topological polar surface area (TPSA) is 66.5 Å². The second-order valence-corrected chi connectivity index (χ2v) is 9.00. The minimum atomic E-state index is -3.52. The highest BCUT2D eigenvalue weighted by Gasteiger charge is 2.36. The summed E-state index contributed by atoms with van der Waals surface area (Å²) in [6.45, 7) is 1.06. The quantitative estimate of drug-likeness (QED) is 0.821. The Morgan fingerprint density at radius 3 is 2.76 bits per heavy atom. The van der Waals surface area contributed by atoms with Crippen LogP contribution in [0.15, 0.2) is 34.7 Å². The first-order valence-corrected chi connectivity index (χ1v) is 10.6. The summed E-state index contributed by atoms with van der Waals surface area (Å²) in [5.41, 5.74) is 3.01. The minimum Gasteiger partial charge on any atom is -0.312 e. The molecule has 134 valence electrons. The van der Waals surface area contributed by atoms with Crippen LogP contribution in [0, 0.1) is 5.92 Å².